The van der Waals surface area contributed by atoms with Crippen LogP contribution in [0, 0.1) is 6.92 Å². The minimum absolute atomic E-state index is 0.177. The zero-order valence-electron chi connectivity index (χ0n) is 22.0. The molecule has 0 aliphatic carbocycles. The Labute approximate surface area is 225 Å². The highest BCUT2D eigenvalue weighted by molar-refractivity contribution is 7.16. The molecule has 0 aliphatic rings. The zero-order chi connectivity index (χ0) is 26.2. The third-order valence-electron chi connectivity index (χ3n) is 6.47. The van der Waals surface area contributed by atoms with E-state index < -0.39 is 0 Å². The predicted molar refractivity (Wildman–Crippen MR) is 157 cm³/mol. The quantitative estimate of drug-likeness (QED) is 0.144. The van der Waals surface area contributed by atoms with Crippen LogP contribution in [0.1, 0.15) is 53.8 Å². The second-order valence-corrected chi connectivity index (χ2v) is 10.4. The van der Waals surface area contributed by atoms with Gasteiger partial charge in [-0.3, -0.25) is 0 Å². The lowest BCUT2D eigenvalue weighted by Crippen LogP contribution is -1.95. The van der Waals surface area contributed by atoms with Gasteiger partial charge in [-0.1, -0.05) is 106 Å². The molecule has 0 radical (unpaired) electrons. The van der Waals surface area contributed by atoms with Crippen LogP contribution >= 0.6 is 11.3 Å². The minimum Gasteiger partial charge on any atom is -0.486 e. The Morgan fingerprint density at radius 3 is 1.81 bits per heavy atom. The molecule has 190 valence electrons. The van der Waals surface area contributed by atoms with Crippen LogP contribution in [0.25, 0.3) is 27.4 Å². The van der Waals surface area contributed by atoms with Gasteiger partial charge in [-0.2, -0.15) is 0 Å². The molecule has 0 aliphatic heterocycles. The second-order valence-electron chi connectivity index (χ2n) is 9.38. The smallest absolute Gasteiger partial charge is 0.182 e. The van der Waals surface area contributed by atoms with Crippen molar-refractivity contribution >= 4 is 17.2 Å². The minimum atomic E-state index is -0.366. The van der Waals surface area contributed by atoms with Gasteiger partial charge in [-0.25, -0.2) is 4.39 Å². The molecule has 0 spiro atoms. The summed E-state index contributed by atoms with van der Waals surface area (Å²) in [6.07, 6.45) is 5.89. The van der Waals surface area contributed by atoms with Crippen LogP contribution < -0.4 is 0 Å². The fourth-order valence-electron chi connectivity index (χ4n) is 4.40. The monoisotopic (exact) mass is 510 g/mol. The molecule has 1 nitrogen and oxygen atoms in total. The van der Waals surface area contributed by atoms with Crippen molar-refractivity contribution in [3.05, 3.63) is 124 Å². The lowest BCUT2D eigenvalue weighted by molar-refractivity contribution is 0.209. The first-order chi connectivity index (χ1) is 18.0. The van der Waals surface area contributed by atoms with E-state index in [1.807, 2.05) is 25.1 Å². The summed E-state index contributed by atoms with van der Waals surface area (Å²) in [7, 11) is 0. The van der Waals surface area contributed by atoms with E-state index in [1.54, 1.807) is 0 Å². The molecule has 3 heteroatoms. The molecular weight excluding hydrogens is 475 g/mol. The van der Waals surface area contributed by atoms with Crippen molar-refractivity contribution in [1.29, 1.82) is 0 Å². The van der Waals surface area contributed by atoms with Crippen molar-refractivity contribution in [3.8, 4) is 21.6 Å². The van der Waals surface area contributed by atoms with Gasteiger partial charge in [0.05, 0.1) is 4.88 Å². The van der Waals surface area contributed by atoms with Gasteiger partial charge in [0.2, 0.25) is 0 Å². The fraction of sp³-hybridized carbons (Fsp3) is 0.235. The molecule has 0 saturated heterocycles. The van der Waals surface area contributed by atoms with Gasteiger partial charge >= 0.3 is 0 Å². The third kappa shape index (κ3) is 6.67. The van der Waals surface area contributed by atoms with E-state index in [1.165, 1.54) is 39.7 Å². The first kappa shape index (κ1) is 26.6. The van der Waals surface area contributed by atoms with Crippen LogP contribution in [0.3, 0.4) is 0 Å². The van der Waals surface area contributed by atoms with Crippen LogP contribution in [-0.4, -0.2) is 0 Å². The van der Waals surface area contributed by atoms with Gasteiger partial charge in [0.15, 0.2) is 11.6 Å². The molecule has 0 fully saturated rings. The van der Waals surface area contributed by atoms with E-state index in [0.717, 1.165) is 47.3 Å². The molecular formula is C34H35FOS. The summed E-state index contributed by atoms with van der Waals surface area (Å²) in [5.41, 5.74) is 8.03. The van der Waals surface area contributed by atoms with Gasteiger partial charge < -0.3 is 4.74 Å². The number of thiophene rings is 1. The molecule has 1 aromatic heterocycles. The van der Waals surface area contributed by atoms with Crippen molar-refractivity contribution in [2.45, 2.75) is 53.1 Å². The Balaban J connectivity index is 1.49. The zero-order valence-corrected chi connectivity index (χ0v) is 22.8. The van der Waals surface area contributed by atoms with Gasteiger partial charge in [0.25, 0.3) is 0 Å². The Kier molecular flexibility index (Phi) is 9.14. The molecule has 0 bridgehead atoms. The van der Waals surface area contributed by atoms with E-state index in [4.69, 9.17) is 4.74 Å². The largest absolute Gasteiger partial charge is 0.486 e. The Bertz CT molecular complexity index is 1340. The summed E-state index contributed by atoms with van der Waals surface area (Å²) in [4.78, 5) is 1.61. The van der Waals surface area contributed by atoms with Crippen molar-refractivity contribution < 1.29 is 9.13 Å². The molecule has 0 amide bonds. The standard InChI is InChI=1S/C34H35FOS/c1-5-8-25-10-12-27(13-11-25)23-36-31(7-3)33(35)34-24(4)22-32(37-34)30-20-18-29(19-21-30)28-16-14-26(9-6-2)15-17-28/h7,10-22H,3,5-6,8-9,23H2,1-2,4H3/b33-31-. The van der Waals surface area contributed by atoms with E-state index in [-0.39, 0.29) is 11.6 Å². The van der Waals surface area contributed by atoms with Crippen molar-refractivity contribution in [2.75, 3.05) is 0 Å². The molecule has 37 heavy (non-hydrogen) atoms. The van der Waals surface area contributed by atoms with Crippen LogP contribution in [0.5, 0.6) is 0 Å². The average molecular weight is 511 g/mol. The summed E-state index contributed by atoms with van der Waals surface area (Å²) in [5.74, 6) is -0.189. The number of rotatable bonds is 11. The van der Waals surface area contributed by atoms with Crippen molar-refractivity contribution in [2.24, 2.45) is 0 Å². The maximum absolute atomic E-state index is 15.5. The summed E-state index contributed by atoms with van der Waals surface area (Å²) < 4.78 is 21.4. The van der Waals surface area contributed by atoms with Gasteiger partial charge in [0.1, 0.15) is 6.61 Å². The van der Waals surface area contributed by atoms with Crippen LogP contribution in [0.4, 0.5) is 4.39 Å². The number of hydrogen-bond donors (Lipinski definition) is 0. The van der Waals surface area contributed by atoms with Gasteiger partial charge in [-0.15, -0.1) is 11.3 Å². The first-order valence-corrected chi connectivity index (χ1v) is 13.9. The predicted octanol–water partition coefficient (Wildman–Crippen LogP) is 10.3. The highest BCUT2D eigenvalue weighted by Crippen LogP contribution is 2.38. The summed E-state index contributed by atoms with van der Waals surface area (Å²) >= 11 is 1.44. The van der Waals surface area contributed by atoms with E-state index in [2.05, 4.69) is 81.1 Å². The highest BCUT2D eigenvalue weighted by Gasteiger charge is 2.16. The second kappa shape index (κ2) is 12.7. The molecule has 0 atom stereocenters. The van der Waals surface area contributed by atoms with Gasteiger partial charge in [0, 0.05) is 4.88 Å². The van der Waals surface area contributed by atoms with Crippen molar-refractivity contribution in [1.82, 2.24) is 0 Å². The van der Waals surface area contributed by atoms with Crippen LogP contribution in [-0.2, 0) is 24.2 Å². The topological polar surface area (TPSA) is 9.23 Å². The maximum Gasteiger partial charge on any atom is 0.182 e. The number of benzene rings is 3. The molecule has 0 N–H and O–H groups in total. The van der Waals surface area contributed by atoms with Crippen molar-refractivity contribution in [3.63, 3.8) is 0 Å². The van der Waals surface area contributed by atoms with E-state index in [0.29, 0.717) is 11.5 Å². The van der Waals surface area contributed by atoms with E-state index in [9.17, 15) is 0 Å². The Morgan fingerprint density at radius 2 is 1.27 bits per heavy atom. The summed E-state index contributed by atoms with van der Waals surface area (Å²) in [6, 6.07) is 27.6. The van der Waals surface area contributed by atoms with Crippen LogP contribution in [0.2, 0.25) is 0 Å². The van der Waals surface area contributed by atoms with E-state index >= 15 is 4.39 Å². The SMILES string of the molecule is C=C/C(OCc1ccc(CCC)cc1)=C(/F)c1sc(-c2ccc(-c3ccc(CCC)cc3)cc2)cc1C. The average Bonchev–Trinajstić information content (AvgIpc) is 3.32. The maximum atomic E-state index is 15.5. The Hall–Kier alpha value is -3.43. The van der Waals surface area contributed by atoms with Gasteiger partial charge in [-0.05, 0) is 70.9 Å². The lowest BCUT2D eigenvalue weighted by Gasteiger charge is -2.09. The number of hydrogen-bond acceptors (Lipinski definition) is 2. The van der Waals surface area contributed by atoms with Crippen LogP contribution in [0.15, 0.2) is 97.3 Å². The lowest BCUT2D eigenvalue weighted by atomic mass is 10.0. The molecule has 1 heterocycles. The number of allylic oxidation sites excluding steroid dienone is 1. The fourth-order valence-corrected chi connectivity index (χ4v) is 5.52. The number of halogens is 1. The molecule has 0 saturated carbocycles. The number of aryl methyl sites for hydroxylation is 3. The highest BCUT2D eigenvalue weighted by atomic mass is 32.1. The Morgan fingerprint density at radius 1 is 0.784 bits per heavy atom. The molecule has 3 aromatic carbocycles. The third-order valence-corrected chi connectivity index (χ3v) is 7.75. The molecule has 0 unspecified atom stereocenters. The molecule has 4 rings (SSSR count). The number of ether oxygens (including phenoxy) is 1. The first-order valence-electron chi connectivity index (χ1n) is 13.1. The summed E-state index contributed by atoms with van der Waals surface area (Å²) in [6.45, 7) is 10.4. The summed E-state index contributed by atoms with van der Waals surface area (Å²) in [5, 5.41) is 0. The normalized spacial score (nSPS) is 11.8. The molecule has 4 aromatic rings.